The Hall–Kier alpha value is -0.160. The highest BCUT2D eigenvalue weighted by Gasteiger charge is 2.36. The van der Waals surface area contributed by atoms with Gasteiger partial charge in [-0.15, -0.1) is 0 Å². The van der Waals surface area contributed by atoms with Gasteiger partial charge < -0.3 is 14.6 Å². The van der Waals surface area contributed by atoms with Crippen LogP contribution < -0.4 is 0 Å². The Morgan fingerprint density at radius 3 is 2.70 bits per heavy atom. The number of hydrogen-bond donors (Lipinski definition) is 1. The number of methoxy groups -OCH3 is 1. The van der Waals surface area contributed by atoms with Gasteiger partial charge >= 0.3 is 0 Å². The lowest BCUT2D eigenvalue weighted by Gasteiger charge is -2.40. The van der Waals surface area contributed by atoms with Gasteiger partial charge in [0.25, 0.3) is 0 Å². The van der Waals surface area contributed by atoms with Crippen LogP contribution in [-0.4, -0.2) is 62.2 Å². The van der Waals surface area contributed by atoms with Gasteiger partial charge in [0.05, 0.1) is 12.7 Å². The first-order valence-corrected chi connectivity index (χ1v) is 8.31. The van der Waals surface area contributed by atoms with Crippen LogP contribution in [0.25, 0.3) is 0 Å². The van der Waals surface area contributed by atoms with E-state index in [1.54, 1.807) is 7.11 Å². The van der Waals surface area contributed by atoms with Gasteiger partial charge in [0.2, 0.25) is 0 Å². The second-order valence-electron chi connectivity index (χ2n) is 6.22. The van der Waals surface area contributed by atoms with Crippen molar-refractivity contribution in [3.05, 3.63) is 0 Å². The van der Waals surface area contributed by atoms with E-state index in [2.05, 4.69) is 4.90 Å². The number of aliphatic hydroxyl groups excluding tert-OH is 1. The summed E-state index contributed by atoms with van der Waals surface area (Å²) < 4.78 is 10.7. The summed E-state index contributed by atoms with van der Waals surface area (Å²) in [4.78, 5) is 2.57. The van der Waals surface area contributed by atoms with Crippen molar-refractivity contribution >= 4 is 0 Å². The summed E-state index contributed by atoms with van der Waals surface area (Å²) in [5, 5.41) is 10.2. The third-order valence-corrected chi connectivity index (χ3v) is 4.85. The normalized spacial score (nSPS) is 31.8. The molecule has 2 fully saturated rings. The number of likely N-dealkylation sites (tertiary alicyclic amines) is 1. The molecular formula is C16H31NO3. The zero-order valence-electron chi connectivity index (χ0n) is 12.9. The van der Waals surface area contributed by atoms with Crippen molar-refractivity contribution < 1.29 is 14.6 Å². The van der Waals surface area contributed by atoms with Crippen LogP contribution in [0.15, 0.2) is 0 Å². The second kappa shape index (κ2) is 8.98. The number of nitrogens with zero attached hydrogens (tertiary/aromatic N) is 1. The Morgan fingerprint density at radius 1 is 1.05 bits per heavy atom. The molecule has 4 heteroatoms. The molecule has 1 saturated carbocycles. The van der Waals surface area contributed by atoms with Crippen LogP contribution in [0.5, 0.6) is 0 Å². The molecule has 0 aromatic carbocycles. The van der Waals surface area contributed by atoms with Gasteiger partial charge in [0.15, 0.2) is 0 Å². The van der Waals surface area contributed by atoms with E-state index in [9.17, 15) is 5.11 Å². The summed E-state index contributed by atoms with van der Waals surface area (Å²) >= 11 is 0. The Kier molecular flexibility index (Phi) is 7.28. The molecule has 3 atom stereocenters. The van der Waals surface area contributed by atoms with E-state index in [0.29, 0.717) is 12.0 Å². The summed E-state index contributed by atoms with van der Waals surface area (Å²) in [5.41, 5.74) is 0. The Balaban J connectivity index is 1.70. The molecule has 3 unspecified atom stereocenters. The van der Waals surface area contributed by atoms with Crippen molar-refractivity contribution in [1.29, 1.82) is 0 Å². The highest BCUT2D eigenvalue weighted by atomic mass is 16.5. The minimum atomic E-state index is -0.0665. The lowest BCUT2D eigenvalue weighted by molar-refractivity contribution is 0.0140. The monoisotopic (exact) mass is 285 g/mol. The fraction of sp³-hybridized carbons (Fsp3) is 1.00. The molecule has 0 bridgehead atoms. The number of ether oxygens (including phenoxy) is 2. The zero-order chi connectivity index (χ0) is 14.2. The Labute approximate surface area is 123 Å². The molecule has 1 heterocycles. The smallest absolute Gasteiger partial charge is 0.0593 e. The second-order valence-corrected chi connectivity index (χ2v) is 6.22. The predicted molar refractivity (Wildman–Crippen MR) is 79.9 cm³/mol. The summed E-state index contributed by atoms with van der Waals surface area (Å²) in [6.07, 6.45) is 8.18. The van der Waals surface area contributed by atoms with Gasteiger partial charge in [-0.1, -0.05) is 12.8 Å². The van der Waals surface area contributed by atoms with E-state index < -0.39 is 0 Å². The zero-order valence-corrected chi connectivity index (χ0v) is 12.9. The van der Waals surface area contributed by atoms with Crippen LogP contribution in [0, 0.1) is 5.92 Å². The van der Waals surface area contributed by atoms with Crippen molar-refractivity contribution in [3.63, 3.8) is 0 Å². The topological polar surface area (TPSA) is 41.9 Å². The van der Waals surface area contributed by atoms with E-state index in [0.717, 1.165) is 39.2 Å². The standard InChI is InChI=1S/C16H31NO3/c1-19-11-5-12-20-13-10-17-9-3-2-7-15(17)14-6-4-8-16(14)18/h14-16,18H,2-13H2,1H3. The van der Waals surface area contributed by atoms with E-state index in [1.807, 2.05) is 0 Å². The maximum absolute atomic E-state index is 10.2. The lowest BCUT2D eigenvalue weighted by atomic mass is 9.88. The number of rotatable bonds is 8. The average Bonchev–Trinajstić information content (AvgIpc) is 2.89. The fourth-order valence-corrected chi connectivity index (χ4v) is 3.79. The molecule has 0 aromatic rings. The van der Waals surface area contributed by atoms with Crippen LogP contribution in [0.4, 0.5) is 0 Å². The first-order valence-electron chi connectivity index (χ1n) is 8.31. The predicted octanol–water partition coefficient (Wildman–Crippen LogP) is 2.06. The van der Waals surface area contributed by atoms with Gasteiger partial charge in [-0.05, 0) is 38.6 Å². The number of aliphatic hydroxyl groups is 1. The quantitative estimate of drug-likeness (QED) is 0.693. The summed E-state index contributed by atoms with van der Waals surface area (Å²) in [6, 6.07) is 0.587. The molecule has 0 aromatic heterocycles. The van der Waals surface area contributed by atoms with Gasteiger partial charge in [0, 0.05) is 38.8 Å². The van der Waals surface area contributed by atoms with E-state index in [-0.39, 0.29) is 6.10 Å². The van der Waals surface area contributed by atoms with Crippen LogP contribution in [0.3, 0.4) is 0 Å². The summed E-state index contributed by atoms with van der Waals surface area (Å²) in [7, 11) is 1.73. The van der Waals surface area contributed by atoms with Crippen LogP contribution in [-0.2, 0) is 9.47 Å². The van der Waals surface area contributed by atoms with Crippen molar-refractivity contribution in [2.45, 2.75) is 57.1 Å². The SMILES string of the molecule is COCCCOCCN1CCCCC1C1CCCC1O. The highest BCUT2D eigenvalue weighted by molar-refractivity contribution is 4.90. The molecule has 1 N–H and O–H groups in total. The third-order valence-electron chi connectivity index (χ3n) is 4.85. The Bertz CT molecular complexity index is 262. The number of hydrogen-bond acceptors (Lipinski definition) is 4. The largest absolute Gasteiger partial charge is 0.393 e. The molecule has 2 aliphatic rings. The van der Waals surface area contributed by atoms with Crippen molar-refractivity contribution in [3.8, 4) is 0 Å². The van der Waals surface area contributed by atoms with Gasteiger partial charge in [0.1, 0.15) is 0 Å². The molecule has 2 rings (SSSR count). The lowest BCUT2D eigenvalue weighted by Crippen LogP contribution is -2.47. The van der Waals surface area contributed by atoms with E-state index in [4.69, 9.17) is 9.47 Å². The average molecular weight is 285 g/mol. The first-order chi connectivity index (χ1) is 9.83. The van der Waals surface area contributed by atoms with Crippen LogP contribution >= 0.6 is 0 Å². The van der Waals surface area contributed by atoms with Gasteiger partial charge in [-0.3, -0.25) is 4.90 Å². The minimum absolute atomic E-state index is 0.0665. The Morgan fingerprint density at radius 2 is 1.95 bits per heavy atom. The molecule has 1 aliphatic carbocycles. The minimum Gasteiger partial charge on any atom is -0.393 e. The molecule has 0 amide bonds. The molecule has 1 saturated heterocycles. The first kappa shape index (κ1) is 16.2. The molecule has 0 radical (unpaired) electrons. The molecule has 118 valence electrons. The van der Waals surface area contributed by atoms with Crippen molar-refractivity contribution in [2.24, 2.45) is 5.92 Å². The molecule has 20 heavy (non-hydrogen) atoms. The molecule has 4 nitrogen and oxygen atoms in total. The van der Waals surface area contributed by atoms with Crippen LogP contribution in [0.2, 0.25) is 0 Å². The van der Waals surface area contributed by atoms with E-state index in [1.165, 1.54) is 38.6 Å². The van der Waals surface area contributed by atoms with Gasteiger partial charge in [-0.25, -0.2) is 0 Å². The summed E-state index contributed by atoms with van der Waals surface area (Å²) in [5.74, 6) is 0.504. The van der Waals surface area contributed by atoms with Crippen LogP contribution in [0.1, 0.15) is 44.9 Å². The summed E-state index contributed by atoms with van der Waals surface area (Å²) in [6.45, 7) is 4.57. The fourth-order valence-electron chi connectivity index (χ4n) is 3.79. The highest BCUT2D eigenvalue weighted by Crippen LogP contribution is 2.34. The van der Waals surface area contributed by atoms with Crippen molar-refractivity contribution in [1.82, 2.24) is 4.90 Å². The molecule has 0 spiro atoms. The molecule has 1 aliphatic heterocycles. The van der Waals surface area contributed by atoms with Crippen molar-refractivity contribution in [2.75, 3.05) is 40.0 Å². The molecular weight excluding hydrogens is 254 g/mol. The van der Waals surface area contributed by atoms with E-state index >= 15 is 0 Å². The maximum Gasteiger partial charge on any atom is 0.0593 e. The van der Waals surface area contributed by atoms with Gasteiger partial charge in [-0.2, -0.15) is 0 Å². The third kappa shape index (κ3) is 4.69. The maximum atomic E-state index is 10.2. The number of piperidine rings is 1.